The van der Waals surface area contributed by atoms with Gasteiger partial charge in [0.05, 0.1) is 13.1 Å². The van der Waals surface area contributed by atoms with Crippen molar-refractivity contribution in [1.82, 2.24) is 0 Å². The normalized spacial score (nSPS) is 10.6. The predicted molar refractivity (Wildman–Crippen MR) is 161 cm³/mol. The number of para-hydroxylation sites is 1. The Kier molecular flexibility index (Phi) is 8.29. The highest BCUT2D eigenvalue weighted by molar-refractivity contribution is 9.10. The first-order valence-electron chi connectivity index (χ1n) is 12.7. The lowest BCUT2D eigenvalue weighted by Crippen LogP contribution is -2.31. The van der Waals surface area contributed by atoms with Gasteiger partial charge in [-0.2, -0.15) is 0 Å². The van der Waals surface area contributed by atoms with Crippen LogP contribution in [-0.4, -0.2) is 11.8 Å². The van der Waals surface area contributed by atoms with Crippen LogP contribution in [0.2, 0.25) is 0 Å². The highest BCUT2D eigenvalue weighted by Crippen LogP contribution is 2.25. The first-order valence-corrected chi connectivity index (χ1v) is 13.5. The van der Waals surface area contributed by atoms with E-state index in [2.05, 4.69) is 15.9 Å². The van der Waals surface area contributed by atoms with E-state index >= 15 is 0 Å². The molecule has 0 saturated carbocycles. The van der Waals surface area contributed by atoms with Crippen LogP contribution in [-0.2, 0) is 13.1 Å². The van der Waals surface area contributed by atoms with E-state index in [0.717, 1.165) is 27.0 Å². The minimum absolute atomic E-state index is 0.106. The van der Waals surface area contributed by atoms with Crippen LogP contribution in [0.5, 0.6) is 0 Å². The lowest BCUT2D eigenvalue weighted by atomic mass is 10.1. The van der Waals surface area contributed by atoms with E-state index in [1.165, 1.54) is 0 Å². The number of nitrogens with zero attached hydrogens (tertiary/aromatic N) is 2. The standard InChI is InChI=1S/C34H27BrN2O2/c35-30-20-16-28(17-21-30)33(38)37(25-27-12-6-2-7-13-27)32-22-18-29(19-23-32)34(39)36(31-14-8-3-9-15-31)24-26-10-4-1-5-11-26/h1-23H,24-25H2. The van der Waals surface area contributed by atoms with Crippen LogP contribution < -0.4 is 9.80 Å². The molecule has 0 aliphatic rings. The van der Waals surface area contributed by atoms with Crippen molar-refractivity contribution in [1.29, 1.82) is 0 Å². The van der Waals surface area contributed by atoms with Crippen molar-refractivity contribution in [2.45, 2.75) is 13.1 Å². The summed E-state index contributed by atoms with van der Waals surface area (Å²) in [6, 6.07) is 44.1. The molecular weight excluding hydrogens is 548 g/mol. The Labute approximate surface area is 237 Å². The molecule has 5 heteroatoms. The Morgan fingerprint density at radius 3 is 1.26 bits per heavy atom. The Hall–Kier alpha value is -4.48. The average molecular weight is 576 g/mol. The van der Waals surface area contributed by atoms with Crippen molar-refractivity contribution in [3.8, 4) is 0 Å². The van der Waals surface area contributed by atoms with Gasteiger partial charge < -0.3 is 9.80 Å². The summed E-state index contributed by atoms with van der Waals surface area (Å²) >= 11 is 3.44. The first kappa shape index (κ1) is 26.1. The Balaban J connectivity index is 1.45. The molecule has 192 valence electrons. The third-order valence-electron chi connectivity index (χ3n) is 6.44. The molecule has 0 unspecified atom stereocenters. The number of amides is 2. The number of hydrogen-bond acceptors (Lipinski definition) is 2. The lowest BCUT2D eigenvalue weighted by Gasteiger charge is -2.25. The quantitative estimate of drug-likeness (QED) is 0.187. The summed E-state index contributed by atoms with van der Waals surface area (Å²) in [6.07, 6.45) is 0. The predicted octanol–water partition coefficient (Wildman–Crippen LogP) is 8.14. The van der Waals surface area contributed by atoms with Gasteiger partial charge in [-0.25, -0.2) is 0 Å². The summed E-state index contributed by atoms with van der Waals surface area (Å²) < 4.78 is 0.912. The maximum Gasteiger partial charge on any atom is 0.258 e. The number of benzene rings is 5. The zero-order valence-corrected chi connectivity index (χ0v) is 22.9. The van der Waals surface area contributed by atoms with Crippen LogP contribution in [0.3, 0.4) is 0 Å². The van der Waals surface area contributed by atoms with Crippen molar-refractivity contribution in [3.05, 3.63) is 166 Å². The van der Waals surface area contributed by atoms with E-state index in [-0.39, 0.29) is 11.8 Å². The van der Waals surface area contributed by atoms with Crippen LogP contribution in [0.1, 0.15) is 31.8 Å². The maximum atomic E-state index is 13.8. The second-order valence-corrected chi connectivity index (χ2v) is 10.1. The molecule has 0 spiro atoms. The zero-order chi connectivity index (χ0) is 27.0. The molecule has 0 atom stereocenters. The van der Waals surface area contributed by atoms with E-state index in [4.69, 9.17) is 0 Å². The Morgan fingerprint density at radius 1 is 0.462 bits per heavy atom. The van der Waals surface area contributed by atoms with Crippen LogP contribution in [0.4, 0.5) is 11.4 Å². The third-order valence-corrected chi connectivity index (χ3v) is 6.97. The van der Waals surface area contributed by atoms with Gasteiger partial charge in [0.2, 0.25) is 0 Å². The molecule has 39 heavy (non-hydrogen) atoms. The van der Waals surface area contributed by atoms with Crippen LogP contribution in [0, 0.1) is 0 Å². The summed E-state index contributed by atoms with van der Waals surface area (Å²) in [4.78, 5) is 30.9. The van der Waals surface area contributed by atoms with Crippen molar-refractivity contribution in [2.75, 3.05) is 9.80 Å². The summed E-state index contributed by atoms with van der Waals surface area (Å²) in [6.45, 7) is 0.862. The zero-order valence-electron chi connectivity index (χ0n) is 21.3. The Morgan fingerprint density at radius 2 is 0.821 bits per heavy atom. The molecule has 2 amide bonds. The molecule has 0 aliphatic carbocycles. The minimum Gasteiger partial charge on any atom is -0.304 e. The number of carbonyl (C=O) groups excluding carboxylic acids is 2. The van der Waals surface area contributed by atoms with Crippen molar-refractivity contribution in [3.63, 3.8) is 0 Å². The van der Waals surface area contributed by atoms with Crippen LogP contribution in [0.25, 0.3) is 0 Å². The molecule has 0 bridgehead atoms. The highest BCUT2D eigenvalue weighted by atomic mass is 79.9. The topological polar surface area (TPSA) is 40.6 Å². The molecule has 0 fully saturated rings. The van der Waals surface area contributed by atoms with Crippen LogP contribution in [0.15, 0.2) is 144 Å². The number of carbonyl (C=O) groups is 2. The van der Waals surface area contributed by atoms with Gasteiger partial charge in [-0.1, -0.05) is 94.8 Å². The fraction of sp³-hybridized carbons (Fsp3) is 0.0588. The van der Waals surface area contributed by atoms with Gasteiger partial charge in [-0.3, -0.25) is 9.59 Å². The van der Waals surface area contributed by atoms with Gasteiger partial charge in [-0.15, -0.1) is 0 Å². The number of hydrogen-bond donors (Lipinski definition) is 0. The molecule has 0 aromatic heterocycles. The van der Waals surface area contributed by atoms with Gasteiger partial charge in [-0.05, 0) is 71.8 Å². The lowest BCUT2D eigenvalue weighted by molar-refractivity contribution is 0.0979. The number of anilines is 2. The maximum absolute atomic E-state index is 13.8. The van der Waals surface area contributed by atoms with E-state index in [1.54, 1.807) is 21.9 Å². The first-order chi connectivity index (χ1) is 19.1. The highest BCUT2D eigenvalue weighted by Gasteiger charge is 2.21. The van der Waals surface area contributed by atoms with Crippen molar-refractivity contribution in [2.24, 2.45) is 0 Å². The molecule has 5 rings (SSSR count). The number of rotatable bonds is 8. The van der Waals surface area contributed by atoms with Crippen molar-refractivity contribution >= 4 is 39.1 Å². The summed E-state index contributed by atoms with van der Waals surface area (Å²) in [5.41, 5.74) is 4.74. The smallest absolute Gasteiger partial charge is 0.258 e. The fourth-order valence-corrected chi connectivity index (χ4v) is 4.65. The molecule has 5 aromatic carbocycles. The molecule has 0 radical (unpaired) electrons. The molecule has 5 aromatic rings. The molecule has 0 aliphatic heterocycles. The second-order valence-electron chi connectivity index (χ2n) is 9.14. The monoisotopic (exact) mass is 574 g/mol. The average Bonchev–Trinajstić information content (AvgIpc) is 3.00. The van der Waals surface area contributed by atoms with Gasteiger partial charge in [0.25, 0.3) is 11.8 Å². The van der Waals surface area contributed by atoms with E-state index in [1.807, 2.05) is 127 Å². The van der Waals surface area contributed by atoms with E-state index < -0.39 is 0 Å². The number of halogens is 1. The van der Waals surface area contributed by atoms with E-state index in [9.17, 15) is 9.59 Å². The molecule has 0 saturated heterocycles. The van der Waals surface area contributed by atoms with Crippen molar-refractivity contribution < 1.29 is 9.59 Å². The largest absolute Gasteiger partial charge is 0.304 e. The minimum atomic E-state index is -0.111. The summed E-state index contributed by atoms with van der Waals surface area (Å²) in [5, 5.41) is 0. The second kappa shape index (κ2) is 12.4. The SMILES string of the molecule is O=C(c1ccc(N(Cc2ccccc2)C(=O)c2ccc(Br)cc2)cc1)N(Cc1ccccc1)c1ccccc1. The molecule has 4 nitrogen and oxygen atoms in total. The molecular formula is C34H27BrN2O2. The van der Waals surface area contributed by atoms with Gasteiger partial charge in [0, 0.05) is 27.0 Å². The third kappa shape index (κ3) is 6.51. The molecule has 0 heterocycles. The summed E-state index contributed by atoms with van der Waals surface area (Å²) in [5.74, 6) is -0.217. The van der Waals surface area contributed by atoms with E-state index in [0.29, 0.717) is 24.2 Å². The fourth-order valence-electron chi connectivity index (χ4n) is 4.39. The Bertz CT molecular complexity index is 1520. The summed E-state index contributed by atoms with van der Waals surface area (Å²) in [7, 11) is 0. The van der Waals surface area contributed by atoms with Gasteiger partial charge in [0.15, 0.2) is 0 Å². The molecule has 0 N–H and O–H groups in total. The van der Waals surface area contributed by atoms with Gasteiger partial charge in [0.1, 0.15) is 0 Å². The van der Waals surface area contributed by atoms with Gasteiger partial charge >= 0.3 is 0 Å². The van der Waals surface area contributed by atoms with Crippen LogP contribution >= 0.6 is 15.9 Å².